The smallest absolute Gasteiger partial charge is 0.387 e. The van der Waals surface area contributed by atoms with Crippen molar-refractivity contribution in [2.75, 3.05) is 33.5 Å². The summed E-state index contributed by atoms with van der Waals surface area (Å²) in [6.45, 7) is -1.96. The van der Waals surface area contributed by atoms with Gasteiger partial charge in [0.05, 0.1) is 13.7 Å². The van der Waals surface area contributed by atoms with E-state index in [9.17, 15) is 13.6 Å². The Morgan fingerprint density at radius 1 is 1.07 bits per heavy atom. The monoisotopic (exact) mass is 395 g/mol. The van der Waals surface area contributed by atoms with Crippen molar-refractivity contribution in [1.82, 2.24) is 5.32 Å². The van der Waals surface area contributed by atoms with Crippen molar-refractivity contribution in [2.45, 2.75) is 13.0 Å². The summed E-state index contributed by atoms with van der Waals surface area (Å²) in [5.74, 6) is 0.683. The van der Waals surface area contributed by atoms with Crippen LogP contribution >= 0.6 is 0 Å². The zero-order valence-electron chi connectivity index (χ0n) is 15.5. The van der Waals surface area contributed by atoms with Gasteiger partial charge in [0.1, 0.15) is 19.0 Å². The van der Waals surface area contributed by atoms with E-state index < -0.39 is 6.61 Å². The van der Waals surface area contributed by atoms with E-state index in [4.69, 9.17) is 14.2 Å². The molecule has 0 aliphatic carbocycles. The highest BCUT2D eigenvalue weighted by molar-refractivity contribution is 5.77. The van der Waals surface area contributed by atoms with Crippen LogP contribution in [0.2, 0.25) is 0 Å². The lowest BCUT2D eigenvalue weighted by atomic mass is 10.1. The van der Waals surface area contributed by atoms with E-state index >= 15 is 0 Å². The van der Waals surface area contributed by atoms with Crippen LogP contribution < -0.4 is 19.5 Å². The fourth-order valence-electron chi connectivity index (χ4n) is 2.36. The summed E-state index contributed by atoms with van der Waals surface area (Å²) in [5, 5.41) is 2.73. The molecule has 2 aromatic rings. The molecule has 0 bridgehead atoms. The number of rotatable bonds is 12. The highest BCUT2D eigenvalue weighted by atomic mass is 19.3. The van der Waals surface area contributed by atoms with Gasteiger partial charge < -0.3 is 24.3 Å². The second kappa shape index (κ2) is 11.8. The Balaban J connectivity index is 1.62. The quantitative estimate of drug-likeness (QED) is 0.560. The van der Waals surface area contributed by atoms with Gasteiger partial charge in [0.2, 0.25) is 5.91 Å². The Kier molecular flexibility index (Phi) is 9.00. The van der Waals surface area contributed by atoms with Gasteiger partial charge in [-0.3, -0.25) is 4.79 Å². The predicted molar refractivity (Wildman–Crippen MR) is 99.1 cm³/mol. The Bertz CT molecular complexity index is 728. The number of carbonyl (C=O) groups is 1. The molecule has 0 atom stereocenters. The molecule has 0 saturated heterocycles. The standard InChI is InChI=1S/C20H23F2NO5/c1-25-18-13-15(7-8-17(18)28-20(21)22)9-10-23-19(24)14-26-11-12-27-16-5-3-2-4-6-16/h2-8,13,20H,9-12,14H2,1H3,(H,23,24). The molecule has 1 amide bonds. The van der Waals surface area contributed by atoms with E-state index in [0.717, 1.165) is 11.3 Å². The minimum absolute atomic E-state index is 0.0311. The molecule has 0 fully saturated rings. The van der Waals surface area contributed by atoms with Gasteiger partial charge >= 0.3 is 6.61 Å². The van der Waals surface area contributed by atoms with Crippen LogP contribution in [0.5, 0.6) is 17.2 Å². The van der Waals surface area contributed by atoms with Crippen LogP contribution in [0.15, 0.2) is 48.5 Å². The first-order valence-electron chi connectivity index (χ1n) is 8.72. The van der Waals surface area contributed by atoms with Crippen molar-refractivity contribution < 1.29 is 32.5 Å². The average Bonchev–Trinajstić information content (AvgIpc) is 2.69. The lowest BCUT2D eigenvalue weighted by Crippen LogP contribution is -2.30. The molecule has 28 heavy (non-hydrogen) atoms. The summed E-state index contributed by atoms with van der Waals surface area (Å²) in [7, 11) is 1.37. The van der Waals surface area contributed by atoms with Gasteiger partial charge in [-0.25, -0.2) is 0 Å². The van der Waals surface area contributed by atoms with Crippen molar-refractivity contribution in [3.05, 3.63) is 54.1 Å². The molecule has 2 aromatic carbocycles. The van der Waals surface area contributed by atoms with Crippen LogP contribution in [0.4, 0.5) is 8.78 Å². The first-order chi connectivity index (χ1) is 13.6. The Hall–Kier alpha value is -2.87. The van der Waals surface area contributed by atoms with Crippen molar-refractivity contribution in [3.8, 4) is 17.2 Å². The third-order valence-corrected chi connectivity index (χ3v) is 3.65. The summed E-state index contributed by atoms with van der Waals surface area (Å²) >= 11 is 0. The van der Waals surface area contributed by atoms with Crippen LogP contribution in [0, 0.1) is 0 Å². The first-order valence-corrected chi connectivity index (χ1v) is 8.72. The average molecular weight is 395 g/mol. The number of methoxy groups -OCH3 is 1. The van der Waals surface area contributed by atoms with Gasteiger partial charge in [0.15, 0.2) is 11.5 Å². The second-order valence-corrected chi connectivity index (χ2v) is 5.68. The number of ether oxygens (including phenoxy) is 4. The molecule has 152 valence electrons. The van der Waals surface area contributed by atoms with Crippen molar-refractivity contribution in [3.63, 3.8) is 0 Å². The number of benzene rings is 2. The van der Waals surface area contributed by atoms with Crippen molar-refractivity contribution in [2.24, 2.45) is 0 Å². The molecular weight excluding hydrogens is 372 g/mol. The molecule has 0 saturated carbocycles. The number of hydrogen-bond acceptors (Lipinski definition) is 5. The molecule has 6 nitrogen and oxygen atoms in total. The van der Waals surface area contributed by atoms with Gasteiger partial charge in [-0.1, -0.05) is 24.3 Å². The van der Waals surface area contributed by atoms with Gasteiger partial charge in [0.25, 0.3) is 0 Å². The molecule has 0 aromatic heterocycles. The van der Waals surface area contributed by atoms with Crippen LogP contribution in [0.1, 0.15) is 5.56 Å². The molecule has 0 heterocycles. The van der Waals surface area contributed by atoms with Crippen molar-refractivity contribution >= 4 is 5.91 Å². The Labute approximate surface area is 162 Å². The predicted octanol–water partition coefficient (Wildman–Crippen LogP) is 3.05. The van der Waals surface area contributed by atoms with Crippen LogP contribution in [0.25, 0.3) is 0 Å². The second-order valence-electron chi connectivity index (χ2n) is 5.68. The molecule has 2 rings (SSSR count). The summed E-state index contributed by atoms with van der Waals surface area (Å²) in [6.07, 6.45) is 0.508. The number of alkyl halides is 2. The molecule has 0 spiro atoms. The number of amides is 1. The van der Waals surface area contributed by atoms with E-state index in [1.165, 1.54) is 13.2 Å². The Morgan fingerprint density at radius 2 is 1.86 bits per heavy atom. The molecule has 0 radical (unpaired) electrons. The Morgan fingerprint density at radius 3 is 2.57 bits per heavy atom. The number of nitrogens with one attached hydrogen (secondary N) is 1. The highest BCUT2D eigenvalue weighted by Gasteiger charge is 2.11. The van der Waals surface area contributed by atoms with E-state index in [1.807, 2.05) is 30.3 Å². The van der Waals surface area contributed by atoms with Gasteiger partial charge in [0, 0.05) is 6.54 Å². The number of para-hydroxylation sites is 1. The largest absolute Gasteiger partial charge is 0.493 e. The molecular formula is C20H23F2NO5. The SMILES string of the molecule is COc1cc(CCNC(=O)COCCOc2ccccc2)ccc1OC(F)F. The third kappa shape index (κ3) is 7.79. The fraction of sp³-hybridized carbons (Fsp3) is 0.350. The first kappa shape index (κ1) is 21.4. The zero-order chi connectivity index (χ0) is 20.2. The lowest BCUT2D eigenvalue weighted by molar-refractivity contribution is -0.125. The zero-order valence-corrected chi connectivity index (χ0v) is 15.5. The topological polar surface area (TPSA) is 66.0 Å². The van der Waals surface area contributed by atoms with Crippen LogP contribution in [-0.2, 0) is 16.0 Å². The molecule has 1 N–H and O–H groups in total. The summed E-state index contributed by atoms with van der Waals surface area (Å²) in [6, 6.07) is 14.0. The molecule has 8 heteroatoms. The van der Waals surface area contributed by atoms with E-state index in [1.54, 1.807) is 12.1 Å². The lowest BCUT2D eigenvalue weighted by Gasteiger charge is -2.12. The molecule has 0 aliphatic rings. The number of carbonyl (C=O) groups excluding carboxylic acids is 1. The van der Waals surface area contributed by atoms with Gasteiger partial charge in [-0.15, -0.1) is 0 Å². The summed E-state index contributed by atoms with van der Waals surface area (Å²) in [4.78, 5) is 11.8. The maximum atomic E-state index is 12.3. The van der Waals surface area contributed by atoms with E-state index in [0.29, 0.717) is 26.2 Å². The van der Waals surface area contributed by atoms with Crippen molar-refractivity contribution in [1.29, 1.82) is 0 Å². The fourth-order valence-corrected chi connectivity index (χ4v) is 2.36. The van der Waals surface area contributed by atoms with Crippen LogP contribution in [0.3, 0.4) is 0 Å². The van der Waals surface area contributed by atoms with Gasteiger partial charge in [-0.05, 0) is 36.2 Å². The molecule has 0 aliphatic heterocycles. The highest BCUT2D eigenvalue weighted by Crippen LogP contribution is 2.29. The molecule has 0 unspecified atom stereocenters. The van der Waals surface area contributed by atoms with E-state index in [2.05, 4.69) is 10.1 Å². The number of hydrogen-bond donors (Lipinski definition) is 1. The normalized spacial score (nSPS) is 10.6. The number of halogens is 2. The maximum absolute atomic E-state index is 12.3. The maximum Gasteiger partial charge on any atom is 0.387 e. The summed E-state index contributed by atoms with van der Waals surface area (Å²) in [5.41, 5.74) is 0.816. The van der Waals surface area contributed by atoms with Crippen LogP contribution in [-0.4, -0.2) is 46.0 Å². The minimum atomic E-state index is -2.92. The van der Waals surface area contributed by atoms with Gasteiger partial charge in [-0.2, -0.15) is 8.78 Å². The van der Waals surface area contributed by atoms with E-state index in [-0.39, 0.29) is 24.0 Å². The third-order valence-electron chi connectivity index (χ3n) is 3.65. The summed E-state index contributed by atoms with van der Waals surface area (Å²) < 4.78 is 44.8. The minimum Gasteiger partial charge on any atom is -0.493 e.